The van der Waals surface area contributed by atoms with Gasteiger partial charge in [0, 0.05) is 17.8 Å². The highest BCUT2D eigenvalue weighted by Crippen LogP contribution is 2.55. The first-order valence-electron chi connectivity index (χ1n) is 7.84. The predicted octanol–water partition coefficient (Wildman–Crippen LogP) is 4.13. The maximum Gasteiger partial charge on any atom is 0.248 e. The van der Waals surface area contributed by atoms with E-state index >= 15 is 0 Å². The van der Waals surface area contributed by atoms with Gasteiger partial charge in [0.2, 0.25) is 5.92 Å². The topological polar surface area (TPSA) is 30.7 Å². The number of hydrogen-bond donors (Lipinski definition) is 0. The summed E-state index contributed by atoms with van der Waals surface area (Å²) >= 11 is 0. The van der Waals surface area contributed by atoms with Crippen LogP contribution in [-0.2, 0) is 0 Å². The molecule has 0 amide bonds. The van der Waals surface area contributed by atoms with Crippen LogP contribution in [0.25, 0.3) is 0 Å². The molecule has 4 unspecified atom stereocenters. The van der Waals surface area contributed by atoms with Crippen LogP contribution in [0.15, 0.2) is 30.3 Å². The molecule has 1 fully saturated rings. The lowest BCUT2D eigenvalue weighted by Crippen LogP contribution is -2.14. The van der Waals surface area contributed by atoms with E-state index in [1.807, 2.05) is 22.9 Å². The van der Waals surface area contributed by atoms with E-state index in [1.165, 1.54) is 5.56 Å². The maximum atomic E-state index is 13.4. The monoisotopic (exact) mass is 303 g/mol. The molecule has 1 aliphatic heterocycles. The second kappa shape index (κ2) is 4.61. The van der Waals surface area contributed by atoms with Gasteiger partial charge in [-0.3, -0.25) is 0 Å². The zero-order valence-corrected chi connectivity index (χ0v) is 12.7. The second-order valence-corrected chi connectivity index (χ2v) is 6.74. The van der Waals surface area contributed by atoms with Crippen molar-refractivity contribution >= 4 is 0 Å². The lowest BCUT2D eigenvalue weighted by atomic mass is 10.0. The van der Waals surface area contributed by atoms with Gasteiger partial charge in [-0.2, -0.15) is 5.10 Å². The average Bonchev–Trinajstić information content (AvgIpc) is 3.09. The van der Waals surface area contributed by atoms with Crippen molar-refractivity contribution in [2.75, 3.05) is 0 Å². The Morgan fingerprint density at radius 3 is 2.55 bits per heavy atom. The average molecular weight is 303 g/mol. The number of nitrogens with zero attached hydrogens (tertiary/aromatic N) is 3. The summed E-state index contributed by atoms with van der Waals surface area (Å²) in [6.45, 7) is 3.13. The predicted molar refractivity (Wildman–Crippen MR) is 79.1 cm³/mol. The van der Waals surface area contributed by atoms with Crippen LogP contribution in [-0.4, -0.2) is 20.7 Å². The molecule has 0 spiro atoms. The van der Waals surface area contributed by atoms with Crippen LogP contribution in [0.4, 0.5) is 8.78 Å². The van der Waals surface area contributed by atoms with E-state index in [4.69, 9.17) is 0 Å². The van der Waals surface area contributed by atoms with E-state index in [-0.39, 0.29) is 12.0 Å². The molecule has 2 aromatic rings. The summed E-state index contributed by atoms with van der Waals surface area (Å²) in [5, 5.41) is 4.60. The van der Waals surface area contributed by atoms with Crippen LogP contribution in [0.5, 0.6) is 0 Å². The first-order valence-corrected chi connectivity index (χ1v) is 7.84. The van der Waals surface area contributed by atoms with Gasteiger partial charge in [0.15, 0.2) is 5.82 Å². The Hall–Kier alpha value is -1.78. The molecule has 22 heavy (non-hydrogen) atoms. The van der Waals surface area contributed by atoms with Crippen molar-refractivity contribution in [2.24, 2.45) is 5.92 Å². The number of rotatable bonds is 3. The minimum absolute atomic E-state index is 0.173. The molecule has 3 nitrogen and oxygen atoms in total. The van der Waals surface area contributed by atoms with Crippen molar-refractivity contribution in [2.45, 2.75) is 50.5 Å². The van der Waals surface area contributed by atoms with Crippen LogP contribution in [0.3, 0.4) is 0 Å². The Kier molecular flexibility index (Phi) is 2.90. The quantitative estimate of drug-likeness (QED) is 0.853. The first kappa shape index (κ1) is 13.9. The fraction of sp³-hybridized carbons (Fsp3) is 0.529. The highest BCUT2D eigenvalue weighted by atomic mass is 19.3. The van der Waals surface area contributed by atoms with Crippen molar-refractivity contribution < 1.29 is 8.78 Å². The zero-order chi connectivity index (χ0) is 15.5. The zero-order valence-electron chi connectivity index (χ0n) is 12.7. The third-order valence-electron chi connectivity index (χ3n) is 4.94. The molecule has 4 rings (SSSR count). The Balaban J connectivity index is 1.65. The number of aromatic nitrogens is 3. The van der Waals surface area contributed by atoms with Crippen molar-refractivity contribution in [3.8, 4) is 0 Å². The van der Waals surface area contributed by atoms with Gasteiger partial charge in [-0.05, 0) is 25.3 Å². The minimum atomic E-state index is -2.63. The first-order chi connectivity index (χ1) is 10.4. The Morgan fingerprint density at radius 1 is 1.18 bits per heavy atom. The molecule has 4 atom stereocenters. The molecule has 2 heterocycles. The van der Waals surface area contributed by atoms with E-state index in [9.17, 15) is 8.78 Å². The van der Waals surface area contributed by atoms with Gasteiger partial charge in [-0.1, -0.05) is 37.3 Å². The van der Waals surface area contributed by atoms with Crippen LogP contribution in [0.1, 0.15) is 61.8 Å². The van der Waals surface area contributed by atoms with Crippen molar-refractivity contribution in [1.82, 2.24) is 14.8 Å². The van der Waals surface area contributed by atoms with Crippen LogP contribution < -0.4 is 0 Å². The Labute approximate surface area is 128 Å². The highest BCUT2D eigenvalue weighted by molar-refractivity contribution is 5.25. The van der Waals surface area contributed by atoms with E-state index in [1.54, 1.807) is 0 Å². The number of hydrogen-bond acceptors (Lipinski definition) is 2. The summed E-state index contributed by atoms with van der Waals surface area (Å²) in [4.78, 5) is 4.59. The lowest BCUT2D eigenvalue weighted by Gasteiger charge is -2.12. The maximum absolute atomic E-state index is 13.4. The Bertz CT molecular complexity index is 690. The molecule has 1 aromatic heterocycles. The summed E-state index contributed by atoms with van der Waals surface area (Å²) < 4.78 is 28.8. The van der Waals surface area contributed by atoms with E-state index in [0.29, 0.717) is 18.2 Å². The van der Waals surface area contributed by atoms with Crippen molar-refractivity contribution in [3.63, 3.8) is 0 Å². The van der Waals surface area contributed by atoms with Crippen molar-refractivity contribution in [1.29, 1.82) is 0 Å². The molecular weight excluding hydrogens is 284 g/mol. The van der Waals surface area contributed by atoms with Gasteiger partial charge in [0.25, 0.3) is 0 Å². The number of benzene rings is 1. The van der Waals surface area contributed by atoms with Gasteiger partial charge >= 0.3 is 0 Å². The summed E-state index contributed by atoms with van der Waals surface area (Å²) in [6.07, 6.45) is 1.47. The summed E-state index contributed by atoms with van der Waals surface area (Å²) in [6, 6.07) is 10.4. The molecule has 0 radical (unpaired) electrons. The second-order valence-electron chi connectivity index (χ2n) is 6.74. The molecule has 1 aliphatic carbocycles. The Morgan fingerprint density at radius 2 is 1.91 bits per heavy atom. The van der Waals surface area contributed by atoms with Gasteiger partial charge in [-0.25, -0.2) is 18.4 Å². The molecule has 1 saturated carbocycles. The summed E-state index contributed by atoms with van der Waals surface area (Å²) in [7, 11) is 0. The van der Waals surface area contributed by atoms with Gasteiger partial charge < -0.3 is 0 Å². The fourth-order valence-corrected chi connectivity index (χ4v) is 3.61. The molecule has 0 bridgehead atoms. The molecule has 0 N–H and O–H groups in total. The minimum Gasteiger partial charge on any atom is -0.242 e. The normalized spacial score (nSPS) is 30.4. The van der Waals surface area contributed by atoms with Crippen LogP contribution >= 0.6 is 0 Å². The molecule has 0 saturated heterocycles. The molecule has 2 aliphatic rings. The van der Waals surface area contributed by atoms with Crippen LogP contribution in [0, 0.1) is 5.92 Å². The van der Waals surface area contributed by atoms with E-state index < -0.39 is 11.8 Å². The third-order valence-corrected chi connectivity index (χ3v) is 4.94. The molecule has 5 heteroatoms. The molecule has 116 valence electrons. The largest absolute Gasteiger partial charge is 0.248 e. The number of alkyl halides is 2. The van der Waals surface area contributed by atoms with Crippen LogP contribution in [0.2, 0.25) is 0 Å². The van der Waals surface area contributed by atoms with Gasteiger partial charge in [0.05, 0.1) is 6.04 Å². The standard InChI is InChI=1S/C17H19F2N3/c1-10-8-14(11-6-4-3-5-7-11)22-16(10)20-15(21-22)12-9-13(12)17(2,18)19/h3-7,10,12-14H,8-9H2,1-2H3. The molecule has 1 aromatic carbocycles. The summed E-state index contributed by atoms with van der Waals surface area (Å²) in [5.74, 6) is -1.55. The molecular formula is C17H19F2N3. The third kappa shape index (κ3) is 2.14. The lowest BCUT2D eigenvalue weighted by molar-refractivity contribution is -0.00428. The van der Waals surface area contributed by atoms with Gasteiger partial charge in [-0.15, -0.1) is 0 Å². The smallest absolute Gasteiger partial charge is 0.242 e. The van der Waals surface area contributed by atoms with E-state index in [0.717, 1.165) is 19.2 Å². The number of fused-ring (bicyclic) bond motifs is 1. The number of halogens is 2. The summed E-state index contributed by atoms with van der Waals surface area (Å²) in [5.41, 5.74) is 1.21. The SMILES string of the molecule is CC1CC(c2ccccc2)n2nc(C3CC3C(C)(F)F)nc21. The van der Waals surface area contributed by atoms with Crippen molar-refractivity contribution in [3.05, 3.63) is 47.5 Å². The highest BCUT2D eigenvalue weighted by Gasteiger charge is 2.54. The van der Waals surface area contributed by atoms with E-state index in [2.05, 4.69) is 29.1 Å². The fourth-order valence-electron chi connectivity index (χ4n) is 3.61. The van der Waals surface area contributed by atoms with Gasteiger partial charge in [0.1, 0.15) is 5.82 Å².